The van der Waals surface area contributed by atoms with Crippen LogP contribution in [0.25, 0.3) is 0 Å². The Bertz CT molecular complexity index is 886. The number of aromatic nitrogens is 3. The van der Waals surface area contributed by atoms with Gasteiger partial charge >= 0.3 is 5.69 Å². The highest BCUT2D eigenvalue weighted by atomic mass is 19.1. The lowest BCUT2D eigenvalue weighted by Crippen LogP contribution is -2.72. The van der Waals surface area contributed by atoms with Crippen LogP contribution >= 0.6 is 0 Å². The predicted molar refractivity (Wildman–Crippen MR) is 87.0 cm³/mol. The SMILES string of the molecule is O=c1n(C23CC(F)(C2)C3)nc2n1[C@H](c1ccc(C3CC3)cc1)CC2. The van der Waals surface area contributed by atoms with Gasteiger partial charge in [0.1, 0.15) is 11.5 Å². The Morgan fingerprint density at radius 1 is 1.04 bits per heavy atom. The smallest absolute Gasteiger partial charge is 0.271 e. The molecule has 4 fully saturated rings. The molecule has 124 valence electrons. The molecule has 24 heavy (non-hydrogen) atoms. The van der Waals surface area contributed by atoms with E-state index in [1.165, 1.54) is 24.0 Å². The molecular formula is C19H20FN3O. The quantitative estimate of drug-likeness (QED) is 0.870. The number of hydrogen-bond donors (Lipinski definition) is 0. The summed E-state index contributed by atoms with van der Waals surface area (Å²) in [6, 6.07) is 8.87. The number of alkyl halides is 1. The average molecular weight is 325 g/mol. The van der Waals surface area contributed by atoms with Gasteiger partial charge in [0.2, 0.25) is 0 Å². The van der Waals surface area contributed by atoms with Crippen LogP contribution in [0.4, 0.5) is 4.39 Å². The monoisotopic (exact) mass is 325 g/mol. The van der Waals surface area contributed by atoms with Crippen molar-refractivity contribution in [3.63, 3.8) is 0 Å². The molecule has 0 N–H and O–H groups in total. The lowest BCUT2D eigenvalue weighted by atomic mass is 9.47. The van der Waals surface area contributed by atoms with Crippen LogP contribution in [-0.2, 0) is 12.0 Å². The number of benzene rings is 1. The van der Waals surface area contributed by atoms with Crippen molar-refractivity contribution in [2.75, 3.05) is 0 Å². The molecule has 2 aromatic rings. The Balaban J connectivity index is 1.37. The highest BCUT2D eigenvalue weighted by Gasteiger charge is 2.71. The molecule has 0 saturated heterocycles. The maximum atomic E-state index is 13.8. The highest BCUT2D eigenvalue weighted by molar-refractivity contribution is 5.31. The number of rotatable bonds is 3. The second-order valence-electron chi connectivity index (χ2n) is 8.38. The van der Waals surface area contributed by atoms with E-state index in [2.05, 4.69) is 29.4 Å². The molecule has 1 aliphatic heterocycles. The van der Waals surface area contributed by atoms with Crippen molar-refractivity contribution in [3.05, 3.63) is 51.7 Å². The van der Waals surface area contributed by atoms with Crippen LogP contribution in [0.15, 0.2) is 29.1 Å². The molecule has 0 unspecified atom stereocenters. The summed E-state index contributed by atoms with van der Waals surface area (Å²) in [5, 5.41) is 4.59. The largest absolute Gasteiger partial charge is 0.347 e. The molecule has 0 radical (unpaired) electrons. The first kappa shape index (κ1) is 13.4. The molecule has 4 saturated carbocycles. The van der Waals surface area contributed by atoms with Crippen molar-refractivity contribution in [1.29, 1.82) is 0 Å². The molecule has 2 bridgehead atoms. The van der Waals surface area contributed by atoms with Gasteiger partial charge in [0, 0.05) is 25.7 Å². The van der Waals surface area contributed by atoms with E-state index in [-0.39, 0.29) is 17.3 Å². The molecule has 2 heterocycles. The number of aryl methyl sites for hydroxylation is 1. The lowest BCUT2D eigenvalue weighted by Gasteiger charge is -2.64. The minimum Gasteiger partial charge on any atom is -0.271 e. The van der Waals surface area contributed by atoms with E-state index >= 15 is 0 Å². The van der Waals surface area contributed by atoms with Crippen molar-refractivity contribution in [1.82, 2.24) is 14.3 Å². The normalized spacial score (nSPS) is 36.1. The summed E-state index contributed by atoms with van der Waals surface area (Å²) in [6.07, 6.45) is 5.77. The van der Waals surface area contributed by atoms with E-state index in [1.54, 1.807) is 4.68 Å². The molecule has 7 rings (SSSR count). The van der Waals surface area contributed by atoms with Gasteiger partial charge in [0.25, 0.3) is 0 Å². The summed E-state index contributed by atoms with van der Waals surface area (Å²) in [6.45, 7) is 0. The van der Waals surface area contributed by atoms with Crippen LogP contribution < -0.4 is 5.69 Å². The summed E-state index contributed by atoms with van der Waals surface area (Å²) in [4.78, 5) is 12.9. The van der Waals surface area contributed by atoms with E-state index < -0.39 is 5.67 Å². The third-order valence-corrected chi connectivity index (χ3v) is 6.59. The van der Waals surface area contributed by atoms with Gasteiger partial charge in [-0.25, -0.2) is 13.9 Å². The molecular weight excluding hydrogens is 305 g/mol. The minimum absolute atomic E-state index is 0.0412. The summed E-state index contributed by atoms with van der Waals surface area (Å²) >= 11 is 0. The molecule has 0 amide bonds. The van der Waals surface area contributed by atoms with Crippen LogP contribution in [0, 0.1) is 0 Å². The van der Waals surface area contributed by atoms with Gasteiger partial charge in [-0.2, -0.15) is 5.10 Å². The summed E-state index contributed by atoms with van der Waals surface area (Å²) in [5.41, 5.74) is 1.25. The molecule has 4 nitrogen and oxygen atoms in total. The van der Waals surface area contributed by atoms with Crippen molar-refractivity contribution in [2.24, 2.45) is 0 Å². The fourth-order valence-electron chi connectivity index (χ4n) is 5.17. The third-order valence-electron chi connectivity index (χ3n) is 6.59. The zero-order chi connectivity index (χ0) is 16.1. The van der Waals surface area contributed by atoms with Crippen LogP contribution in [-0.4, -0.2) is 20.0 Å². The maximum absolute atomic E-state index is 13.8. The first-order valence-corrected chi connectivity index (χ1v) is 9.07. The van der Waals surface area contributed by atoms with Crippen LogP contribution in [0.3, 0.4) is 0 Å². The Labute approximate surface area is 139 Å². The minimum atomic E-state index is -1.01. The Morgan fingerprint density at radius 2 is 1.71 bits per heavy atom. The Kier molecular flexibility index (Phi) is 2.24. The van der Waals surface area contributed by atoms with Gasteiger partial charge in [-0.05, 0) is 36.3 Å². The molecule has 5 aliphatic rings. The predicted octanol–water partition coefficient (Wildman–Crippen LogP) is 3.06. The lowest BCUT2D eigenvalue weighted by molar-refractivity contribution is -0.205. The van der Waals surface area contributed by atoms with Crippen molar-refractivity contribution in [2.45, 2.75) is 68.1 Å². The van der Waals surface area contributed by atoms with Crippen molar-refractivity contribution >= 4 is 0 Å². The van der Waals surface area contributed by atoms with Crippen molar-refractivity contribution < 1.29 is 4.39 Å². The zero-order valence-corrected chi connectivity index (χ0v) is 13.5. The Morgan fingerprint density at radius 3 is 2.33 bits per heavy atom. The first-order valence-electron chi connectivity index (χ1n) is 9.07. The van der Waals surface area contributed by atoms with Crippen LogP contribution in [0.1, 0.15) is 67.4 Å². The second-order valence-corrected chi connectivity index (χ2v) is 8.38. The standard InChI is InChI=1S/C19H20FN3O/c20-18-9-19(10-18,11-18)23-17(24)22-15(7-8-16(22)21-23)14-5-3-13(4-6-14)12-1-2-12/h3-6,12,15H,1-2,7-11H2/t15-,18?,19?/m0/s1. The fourth-order valence-corrected chi connectivity index (χ4v) is 5.17. The summed E-state index contributed by atoms with van der Waals surface area (Å²) in [5.74, 6) is 1.62. The van der Waals surface area contributed by atoms with Crippen molar-refractivity contribution in [3.8, 4) is 0 Å². The number of fused-ring (bicyclic) bond motifs is 1. The molecule has 0 spiro atoms. The molecule has 1 aromatic carbocycles. The molecule has 1 aromatic heterocycles. The van der Waals surface area contributed by atoms with Crippen LogP contribution in [0.2, 0.25) is 0 Å². The van der Waals surface area contributed by atoms with E-state index in [0.29, 0.717) is 19.3 Å². The number of nitrogens with zero attached hydrogens (tertiary/aromatic N) is 3. The van der Waals surface area contributed by atoms with Gasteiger partial charge in [-0.15, -0.1) is 0 Å². The van der Waals surface area contributed by atoms with Gasteiger partial charge in [0.05, 0.1) is 11.6 Å². The number of hydrogen-bond acceptors (Lipinski definition) is 2. The maximum Gasteiger partial charge on any atom is 0.347 e. The van der Waals surface area contributed by atoms with Gasteiger partial charge in [-0.3, -0.25) is 4.57 Å². The Hall–Kier alpha value is -1.91. The molecule has 5 heteroatoms. The first-order chi connectivity index (χ1) is 11.6. The zero-order valence-electron chi connectivity index (χ0n) is 13.5. The summed E-state index contributed by atoms with van der Waals surface area (Å²) in [7, 11) is 0. The van der Waals surface area contributed by atoms with Gasteiger partial charge in [0.15, 0.2) is 0 Å². The fraction of sp³-hybridized carbons (Fsp3) is 0.579. The average Bonchev–Trinajstić information content (AvgIpc) is 3.21. The molecule has 4 aliphatic carbocycles. The van der Waals surface area contributed by atoms with E-state index in [4.69, 9.17) is 0 Å². The van der Waals surface area contributed by atoms with Crippen LogP contribution in [0.5, 0.6) is 0 Å². The highest BCUT2D eigenvalue weighted by Crippen LogP contribution is 2.66. The van der Waals surface area contributed by atoms with Gasteiger partial charge < -0.3 is 0 Å². The third kappa shape index (κ3) is 1.58. The number of halogens is 1. The van der Waals surface area contributed by atoms with Gasteiger partial charge in [-0.1, -0.05) is 24.3 Å². The van der Waals surface area contributed by atoms with E-state index in [9.17, 15) is 9.18 Å². The second kappa shape index (κ2) is 4.01. The van der Waals surface area contributed by atoms with E-state index in [1.807, 2.05) is 4.57 Å². The summed E-state index contributed by atoms with van der Waals surface area (Å²) < 4.78 is 17.3. The van der Waals surface area contributed by atoms with E-state index in [0.717, 1.165) is 24.6 Å². The topological polar surface area (TPSA) is 39.8 Å². The molecule has 1 atom stereocenters.